The Bertz CT molecular complexity index is 426. The summed E-state index contributed by atoms with van der Waals surface area (Å²) >= 11 is 0. The lowest BCUT2D eigenvalue weighted by Gasteiger charge is -2.33. The minimum absolute atomic E-state index is 0.426. The van der Waals surface area contributed by atoms with Gasteiger partial charge in [-0.25, -0.2) is 4.98 Å². The summed E-state index contributed by atoms with van der Waals surface area (Å²) in [5.74, 6) is 1.72. The number of aromatic nitrogens is 1. The Morgan fingerprint density at radius 3 is 2.68 bits per heavy atom. The summed E-state index contributed by atoms with van der Waals surface area (Å²) in [6, 6.07) is 6.35. The molecular formula is C15H22N4. The van der Waals surface area contributed by atoms with Gasteiger partial charge in [0.2, 0.25) is 0 Å². The van der Waals surface area contributed by atoms with Crippen molar-refractivity contribution in [3.8, 4) is 6.07 Å². The predicted octanol–water partition coefficient (Wildman–Crippen LogP) is 2.17. The van der Waals surface area contributed by atoms with Crippen molar-refractivity contribution in [1.82, 2.24) is 10.3 Å². The molecule has 2 heterocycles. The van der Waals surface area contributed by atoms with Crippen LogP contribution in [-0.2, 0) is 0 Å². The van der Waals surface area contributed by atoms with Crippen LogP contribution in [-0.4, -0.2) is 30.7 Å². The molecule has 0 radical (unpaired) electrons. The second-order valence-corrected chi connectivity index (χ2v) is 5.46. The highest BCUT2D eigenvalue weighted by Crippen LogP contribution is 2.20. The van der Waals surface area contributed by atoms with Gasteiger partial charge in [0.25, 0.3) is 0 Å². The van der Waals surface area contributed by atoms with Gasteiger partial charge in [-0.15, -0.1) is 0 Å². The van der Waals surface area contributed by atoms with E-state index < -0.39 is 0 Å². The lowest BCUT2D eigenvalue weighted by Crippen LogP contribution is -2.40. The Labute approximate surface area is 115 Å². The molecule has 1 fully saturated rings. The monoisotopic (exact) mass is 258 g/mol. The third kappa shape index (κ3) is 3.68. The standard InChI is InChI=1S/C15H22N4/c1-12(2)19(11-13-5-7-17-8-6-13)15-4-3-14(9-16)10-18-15/h3-4,10,12-13,17H,5-8,11H2,1-2H3. The molecule has 0 aliphatic carbocycles. The SMILES string of the molecule is CC(C)N(CC1CCNCC1)c1ccc(C#N)cn1. The predicted molar refractivity (Wildman–Crippen MR) is 77.0 cm³/mol. The minimum Gasteiger partial charge on any atom is -0.354 e. The van der Waals surface area contributed by atoms with Crippen molar-refractivity contribution in [2.24, 2.45) is 5.92 Å². The van der Waals surface area contributed by atoms with E-state index in [4.69, 9.17) is 5.26 Å². The van der Waals surface area contributed by atoms with Crippen LogP contribution in [0.2, 0.25) is 0 Å². The van der Waals surface area contributed by atoms with E-state index in [-0.39, 0.29) is 0 Å². The zero-order valence-electron chi connectivity index (χ0n) is 11.8. The van der Waals surface area contributed by atoms with E-state index in [9.17, 15) is 0 Å². The summed E-state index contributed by atoms with van der Waals surface area (Å²) in [6.45, 7) is 7.69. The molecule has 0 unspecified atom stereocenters. The molecule has 0 aromatic carbocycles. The van der Waals surface area contributed by atoms with Gasteiger partial charge in [-0.2, -0.15) is 5.26 Å². The molecule has 1 aliphatic heterocycles. The highest BCUT2D eigenvalue weighted by molar-refractivity contribution is 5.42. The van der Waals surface area contributed by atoms with E-state index in [2.05, 4.69) is 35.1 Å². The lowest BCUT2D eigenvalue weighted by atomic mass is 9.97. The first-order valence-electron chi connectivity index (χ1n) is 7.04. The average Bonchev–Trinajstić information content (AvgIpc) is 2.46. The smallest absolute Gasteiger partial charge is 0.128 e. The molecule has 0 bridgehead atoms. The molecule has 0 spiro atoms. The summed E-state index contributed by atoms with van der Waals surface area (Å²) in [5, 5.41) is 12.2. The quantitative estimate of drug-likeness (QED) is 0.899. The normalized spacial score (nSPS) is 16.3. The third-order valence-electron chi connectivity index (χ3n) is 3.71. The van der Waals surface area contributed by atoms with Crippen LogP contribution >= 0.6 is 0 Å². The number of pyridine rings is 1. The van der Waals surface area contributed by atoms with Crippen LogP contribution < -0.4 is 10.2 Å². The van der Waals surface area contributed by atoms with Gasteiger partial charge in [-0.1, -0.05) is 0 Å². The summed E-state index contributed by atoms with van der Waals surface area (Å²) in [6.07, 6.45) is 4.13. The Morgan fingerprint density at radius 2 is 2.16 bits per heavy atom. The first kappa shape index (κ1) is 13.8. The molecule has 2 rings (SSSR count). The number of nitrogens with zero attached hydrogens (tertiary/aromatic N) is 3. The van der Waals surface area contributed by atoms with E-state index in [1.807, 2.05) is 12.1 Å². The van der Waals surface area contributed by atoms with Crippen LogP contribution in [0.25, 0.3) is 0 Å². The summed E-state index contributed by atoms with van der Waals surface area (Å²) < 4.78 is 0. The number of anilines is 1. The first-order valence-corrected chi connectivity index (χ1v) is 7.04. The van der Waals surface area contributed by atoms with Gasteiger partial charge in [-0.3, -0.25) is 0 Å². The number of hydrogen-bond acceptors (Lipinski definition) is 4. The Kier molecular flexibility index (Phi) is 4.75. The largest absolute Gasteiger partial charge is 0.354 e. The van der Waals surface area contributed by atoms with Gasteiger partial charge in [0, 0.05) is 18.8 Å². The molecule has 1 saturated heterocycles. The summed E-state index contributed by atoms with van der Waals surface area (Å²) in [4.78, 5) is 6.77. The first-order chi connectivity index (χ1) is 9.20. The Balaban J connectivity index is 2.07. The molecular weight excluding hydrogens is 236 g/mol. The fourth-order valence-corrected chi connectivity index (χ4v) is 2.53. The van der Waals surface area contributed by atoms with Crippen molar-refractivity contribution in [3.05, 3.63) is 23.9 Å². The topological polar surface area (TPSA) is 52.0 Å². The molecule has 0 amide bonds. The van der Waals surface area contributed by atoms with Crippen molar-refractivity contribution < 1.29 is 0 Å². The van der Waals surface area contributed by atoms with Crippen molar-refractivity contribution >= 4 is 5.82 Å². The van der Waals surface area contributed by atoms with Crippen LogP contribution in [0.3, 0.4) is 0 Å². The van der Waals surface area contributed by atoms with Crippen LogP contribution in [0.1, 0.15) is 32.3 Å². The number of nitriles is 1. The number of nitrogens with one attached hydrogen (secondary N) is 1. The maximum atomic E-state index is 8.83. The zero-order chi connectivity index (χ0) is 13.7. The maximum Gasteiger partial charge on any atom is 0.128 e. The van der Waals surface area contributed by atoms with Crippen LogP contribution in [0.4, 0.5) is 5.82 Å². The molecule has 1 aromatic heterocycles. The highest BCUT2D eigenvalue weighted by Gasteiger charge is 2.19. The number of piperidine rings is 1. The summed E-state index contributed by atoms with van der Waals surface area (Å²) in [5.41, 5.74) is 0.620. The second-order valence-electron chi connectivity index (χ2n) is 5.46. The lowest BCUT2D eigenvalue weighted by molar-refractivity contribution is 0.367. The van der Waals surface area contributed by atoms with Crippen LogP contribution in [0, 0.1) is 17.2 Å². The number of rotatable bonds is 4. The molecule has 1 N–H and O–H groups in total. The van der Waals surface area contributed by atoms with Crippen LogP contribution in [0.5, 0.6) is 0 Å². The molecule has 1 aliphatic rings. The average molecular weight is 258 g/mol. The molecule has 19 heavy (non-hydrogen) atoms. The van der Waals surface area contributed by atoms with E-state index in [0.717, 1.165) is 31.4 Å². The summed E-state index contributed by atoms with van der Waals surface area (Å²) in [7, 11) is 0. The Hall–Kier alpha value is -1.60. The second kappa shape index (κ2) is 6.53. The van der Waals surface area contributed by atoms with E-state index >= 15 is 0 Å². The van der Waals surface area contributed by atoms with Gasteiger partial charge < -0.3 is 10.2 Å². The molecule has 0 saturated carbocycles. The van der Waals surface area contributed by atoms with Crippen molar-refractivity contribution in [2.75, 3.05) is 24.5 Å². The van der Waals surface area contributed by atoms with Crippen molar-refractivity contribution in [3.63, 3.8) is 0 Å². The van der Waals surface area contributed by atoms with E-state index in [1.54, 1.807) is 6.20 Å². The molecule has 4 heteroatoms. The van der Waals surface area contributed by atoms with Gasteiger partial charge in [0.05, 0.1) is 5.56 Å². The van der Waals surface area contributed by atoms with Gasteiger partial charge in [0.15, 0.2) is 0 Å². The third-order valence-corrected chi connectivity index (χ3v) is 3.71. The number of hydrogen-bond donors (Lipinski definition) is 1. The maximum absolute atomic E-state index is 8.83. The molecule has 0 atom stereocenters. The van der Waals surface area contributed by atoms with Crippen molar-refractivity contribution in [2.45, 2.75) is 32.7 Å². The van der Waals surface area contributed by atoms with Crippen LogP contribution in [0.15, 0.2) is 18.3 Å². The van der Waals surface area contributed by atoms with Gasteiger partial charge in [-0.05, 0) is 57.8 Å². The van der Waals surface area contributed by atoms with Gasteiger partial charge >= 0.3 is 0 Å². The Morgan fingerprint density at radius 1 is 1.42 bits per heavy atom. The molecule has 1 aromatic rings. The van der Waals surface area contributed by atoms with Gasteiger partial charge in [0.1, 0.15) is 11.9 Å². The fraction of sp³-hybridized carbons (Fsp3) is 0.600. The highest BCUT2D eigenvalue weighted by atomic mass is 15.2. The fourth-order valence-electron chi connectivity index (χ4n) is 2.53. The zero-order valence-corrected chi connectivity index (χ0v) is 11.8. The molecule has 102 valence electrons. The minimum atomic E-state index is 0.426. The van der Waals surface area contributed by atoms with E-state index in [0.29, 0.717) is 11.6 Å². The van der Waals surface area contributed by atoms with Crippen molar-refractivity contribution in [1.29, 1.82) is 5.26 Å². The van der Waals surface area contributed by atoms with E-state index in [1.165, 1.54) is 12.8 Å². The molecule has 4 nitrogen and oxygen atoms in total.